The lowest BCUT2D eigenvalue weighted by Crippen LogP contribution is -2.04. The van der Waals surface area contributed by atoms with Crippen molar-refractivity contribution >= 4 is 20.8 Å². The molecule has 1 N–H and O–H groups in total. The zero-order valence-electron chi connectivity index (χ0n) is 9.68. The lowest BCUT2D eigenvalue weighted by atomic mass is 10.1. The van der Waals surface area contributed by atoms with Gasteiger partial charge in [0.2, 0.25) is 0 Å². The molecule has 0 aliphatic carbocycles. The molecule has 0 spiro atoms. The van der Waals surface area contributed by atoms with Crippen LogP contribution in [0.1, 0.15) is 17.5 Å². The first-order chi connectivity index (χ1) is 8.17. The molecule has 3 nitrogen and oxygen atoms in total. The Morgan fingerprint density at radius 1 is 1.29 bits per heavy atom. The van der Waals surface area contributed by atoms with Crippen LogP contribution in [0.2, 0.25) is 12.6 Å². The Morgan fingerprint density at radius 3 is 2.59 bits per heavy atom. The Bertz CT molecular complexity index is 463. The fourth-order valence-electron chi connectivity index (χ4n) is 1.37. The Morgan fingerprint density at radius 2 is 2.00 bits per heavy atom. The minimum Gasteiger partial charge on any atom is -0.435 e. The van der Waals surface area contributed by atoms with E-state index in [1.807, 2.05) is 24.8 Å². The molecule has 0 radical (unpaired) electrons. The van der Waals surface area contributed by atoms with Crippen molar-refractivity contribution in [1.29, 1.82) is 10.5 Å². The summed E-state index contributed by atoms with van der Waals surface area (Å²) in [5.41, 5.74) is 0.857. The number of benzene rings is 1. The van der Waals surface area contributed by atoms with Crippen LogP contribution in [0.15, 0.2) is 23.1 Å². The largest absolute Gasteiger partial charge is 0.435 e. The molecule has 1 unspecified atom stereocenters. The fourth-order valence-corrected chi connectivity index (χ4v) is 3.37. The SMILES string of the molecule is C[SiH](O)CCCSc1ccc(C#N)c(C#N)c1. The third kappa shape index (κ3) is 4.62. The van der Waals surface area contributed by atoms with Crippen molar-refractivity contribution in [3.8, 4) is 12.1 Å². The molecule has 1 rings (SSSR count). The molecule has 0 aromatic heterocycles. The molecular weight excluding hydrogens is 248 g/mol. The second-order valence-corrected chi connectivity index (χ2v) is 7.21. The number of hydrogen-bond donors (Lipinski definition) is 1. The fraction of sp³-hybridized carbons (Fsp3) is 0.333. The van der Waals surface area contributed by atoms with Crippen LogP contribution < -0.4 is 0 Å². The van der Waals surface area contributed by atoms with Crippen LogP contribution in [0.25, 0.3) is 0 Å². The van der Waals surface area contributed by atoms with Crippen LogP contribution in [0.4, 0.5) is 0 Å². The number of nitrogens with zero attached hydrogens (tertiary/aromatic N) is 2. The predicted octanol–water partition coefficient (Wildman–Crippen LogP) is 2.26. The first-order valence-electron chi connectivity index (χ1n) is 5.42. The Balaban J connectivity index is 2.56. The molecule has 1 atom stereocenters. The molecular formula is C12H14N2OSSi. The van der Waals surface area contributed by atoms with E-state index in [9.17, 15) is 4.80 Å². The predicted molar refractivity (Wildman–Crippen MR) is 71.3 cm³/mol. The molecule has 0 saturated carbocycles. The maximum atomic E-state index is 9.25. The average molecular weight is 262 g/mol. The molecule has 0 saturated heterocycles. The number of nitriles is 2. The van der Waals surface area contributed by atoms with Gasteiger partial charge in [0.1, 0.15) is 12.1 Å². The third-order valence-electron chi connectivity index (χ3n) is 2.27. The smallest absolute Gasteiger partial charge is 0.169 e. The summed E-state index contributed by atoms with van der Waals surface area (Å²) in [6, 6.07) is 10.3. The highest BCUT2D eigenvalue weighted by Gasteiger charge is 2.04. The van der Waals surface area contributed by atoms with Gasteiger partial charge in [0.05, 0.1) is 11.1 Å². The molecule has 0 aliphatic rings. The van der Waals surface area contributed by atoms with E-state index in [0.717, 1.165) is 23.1 Å². The van der Waals surface area contributed by atoms with Crippen molar-refractivity contribution in [3.63, 3.8) is 0 Å². The van der Waals surface area contributed by atoms with E-state index in [1.165, 1.54) is 0 Å². The summed E-state index contributed by atoms with van der Waals surface area (Å²) < 4.78 is 0. The summed E-state index contributed by atoms with van der Waals surface area (Å²) in [6.07, 6.45) is 0.996. The standard InChI is InChI=1S/C12H14N2OSSi/c1-17(15)6-2-5-16-12-4-3-10(8-13)11(7-12)9-14/h3-4,7,15,17H,2,5-6H2,1H3. The van der Waals surface area contributed by atoms with Gasteiger partial charge in [0.15, 0.2) is 9.04 Å². The van der Waals surface area contributed by atoms with Gasteiger partial charge in [-0.2, -0.15) is 10.5 Å². The zero-order chi connectivity index (χ0) is 12.7. The highest BCUT2D eigenvalue weighted by atomic mass is 32.2. The normalized spacial score (nSPS) is 11.5. The molecule has 0 fully saturated rings. The molecule has 88 valence electrons. The van der Waals surface area contributed by atoms with Gasteiger partial charge in [0.25, 0.3) is 0 Å². The molecule has 17 heavy (non-hydrogen) atoms. The van der Waals surface area contributed by atoms with E-state index in [4.69, 9.17) is 10.5 Å². The van der Waals surface area contributed by atoms with E-state index >= 15 is 0 Å². The first kappa shape index (κ1) is 13.8. The van der Waals surface area contributed by atoms with E-state index < -0.39 is 9.04 Å². The van der Waals surface area contributed by atoms with Crippen LogP contribution in [-0.4, -0.2) is 19.6 Å². The van der Waals surface area contributed by atoms with Crippen molar-refractivity contribution in [1.82, 2.24) is 0 Å². The topological polar surface area (TPSA) is 67.8 Å². The first-order valence-corrected chi connectivity index (χ1v) is 8.90. The minimum absolute atomic E-state index is 0.424. The quantitative estimate of drug-likeness (QED) is 0.502. The maximum Gasteiger partial charge on any atom is 0.169 e. The minimum atomic E-state index is -1.43. The van der Waals surface area contributed by atoms with Crippen LogP contribution >= 0.6 is 11.8 Å². The van der Waals surface area contributed by atoms with Crippen molar-refractivity contribution in [2.24, 2.45) is 0 Å². The number of hydrogen-bond acceptors (Lipinski definition) is 4. The number of thioether (sulfide) groups is 1. The van der Waals surface area contributed by atoms with E-state index in [1.54, 1.807) is 23.9 Å². The molecule has 0 bridgehead atoms. The van der Waals surface area contributed by atoms with Crippen molar-refractivity contribution < 1.29 is 4.80 Å². The maximum absolute atomic E-state index is 9.25. The van der Waals surface area contributed by atoms with E-state index in [-0.39, 0.29) is 0 Å². The zero-order valence-corrected chi connectivity index (χ0v) is 11.7. The van der Waals surface area contributed by atoms with Crippen LogP contribution in [0.3, 0.4) is 0 Å². The highest BCUT2D eigenvalue weighted by molar-refractivity contribution is 7.99. The highest BCUT2D eigenvalue weighted by Crippen LogP contribution is 2.22. The summed E-state index contributed by atoms with van der Waals surface area (Å²) in [4.78, 5) is 10.3. The molecule has 1 aromatic carbocycles. The second-order valence-electron chi connectivity index (χ2n) is 3.77. The van der Waals surface area contributed by atoms with Gasteiger partial charge in [-0.15, -0.1) is 11.8 Å². The molecule has 0 aliphatic heterocycles. The van der Waals surface area contributed by atoms with Crippen molar-refractivity contribution in [2.45, 2.75) is 23.9 Å². The van der Waals surface area contributed by atoms with Crippen LogP contribution in [-0.2, 0) is 0 Å². The molecule has 0 heterocycles. The summed E-state index contributed by atoms with van der Waals surface area (Å²) in [7, 11) is -1.43. The van der Waals surface area contributed by atoms with Crippen molar-refractivity contribution in [3.05, 3.63) is 29.3 Å². The second kappa shape index (κ2) is 7.13. The van der Waals surface area contributed by atoms with E-state index in [2.05, 4.69) is 0 Å². The summed E-state index contributed by atoms with van der Waals surface area (Å²) in [6.45, 7) is 1.92. The van der Waals surface area contributed by atoms with Crippen LogP contribution in [0.5, 0.6) is 0 Å². The lowest BCUT2D eigenvalue weighted by Gasteiger charge is -2.04. The number of rotatable bonds is 5. The Hall–Kier alpha value is -1.27. The van der Waals surface area contributed by atoms with Gasteiger partial charge in [-0.25, -0.2) is 0 Å². The van der Waals surface area contributed by atoms with Gasteiger partial charge in [-0.05, 0) is 43.0 Å². The molecule has 1 aromatic rings. The van der Waals surface area contributed by atoms with Gasteiger partial charge < -0.3 is 4.80 Å². The van der Waals surface area contributed by atoms with Gasteiger partial charge in [-0.3, -0.25) is 0 Å². The van der Waals surface area contributed by atoms with Gasteiger partial charge in [0, 0.05) is 4.90 Å². The van der Waals surface area contributed by atoms with Gasteiger partial charge in [-0.1, -0.05) is 0 Å². The molecule has 0 amide bonds. The Labute approximate surface area is 107 Å². The van der Waals surface area contributed by atoms with Gasteiger partial charge >= 0.3 is 0 Å². The third-order valence-corrected chi connectivity index (χ3v) is 4.59. The Kier molecular flexibility index (Phi) is 5.78. The van der Waals surface area contributed by atoms with Crippen LogP contribution in [0, 0.1) is 22.7 Å². The molecule has 5 heteroatoms. The summed E-state index contributed by atoms with van der Waals surface area (Å²) >= 11 is 1.66. The summed E-state index contributed by atoms with van der Waals surface area (Å²) in [5.74, 6) is 0.939. The summed E-state index contributed by atoms with van der Waals surface area (Å²) in [5, 5.41) is 17.7. The van der Waals surface area contributed by atoms with E-state index in [0.29, 0.717) is 11.1 Å². The lowest BCUT2D eigenvalue weighted by molar-refractivity contribution is 0.575. The average Bonchev–Trinajstić information content (AvgIpc) is 2.34. The monoisotopic (exact) mass is 262 g/mol. The van der Waals surface area contributed by atoms with Crippen molar-refractivity contribution in [2.75, 3.05) is 5.75 Å².